The standard InChI is InChI=1S/C15H16ClN3OS/c1-4-9-19-11(3)17-18-15(19)21-10(2)14(20)12-5-7-13(16)8-6-12/h4-8,10H,1,9H2,2-3H3. The van der Waals surface area contributed by atoms with Gasteiger partial charge in [0.15, 0.2) is 10.9 Å². The summed E-state index contributed by atoms with van der Waals surface area (Å²) in [4.78, 5) is 12.4. The molecule has 2 rings (SSSR count). The summed E-state index contributed by atoms with van der Waals surface area (Å²) in [7, 11) is 0. The van der Waals surface area contributed by atoms with Crippen LogP contribution < -0.4 is 0 Å². The van der Waals surface area contributed by atoms with Gasteiger partial charge in [0, 0.05) is 17.1 Å². The van der Waals surface area contributed by atoms with Crippen molar-refractivity contribution < 1.29 is 4.79 Å². The van der Waals surface area contributed by atoms with E-state index in [0.29, 0.717) is 17.1 Å². The van der Waals surface area contributed by atoms with Crippen LogP contribution in [0.4, 0.5) is 0 Å². The topological polar surface area (TPSA) is 47.8 Å². The highest BCUT2D eigenvalue weighted by atomic mass is 35.5. The average Bonchev–Trinajstić information content (AvgIpc) is 2.81. The number of hydrogen-bond donors (Lipinski definition) is 0. The molecule has 21 heavy (non-hydrogen) atoms. The predicted molar refractivity (Wildman–Crippen MR) is 86.1 cm³/mol. The number of aromatic nitrogens is 3. The fourth-order valence-electron chi connectivity index (χ4n) is 1.85. The molecule has 6 heteroatoms. The van der Waals surface area contributed by atoms with Crippen LogP contribution in [-0.2, 0) is 6.54 Å². The number of thioether (sulfide) groups is 1. The summed E-state index contributed by atoms with van der Waals surface area (Å²) >= 11 is 7.23. The van der Waals surface area contributed by atoms with Crippen LogP contribution in [0, 0.1) is 6.92 Å². The molecule has 1 aromatic heterocycles. The summed E-state index contributed by atoms with van der Waals surface area (Å²) in [5, 5.41) is 9.26. The Balaban J connectivity index is 2.14. The zero-order valence-electron chi connectivity index (χ0n) is 11.9. The number of aryl methyl sites for hydroxylation is 1. The quantitative estimate of drug-likeness (QED) is 0.461. The van der Waals surface area contributed by atoms with Crippen molar-refractivity contribution in [1.82, 2.24) is 14.8 Å². The molecular formula is C15H16ClN3OS. The van der Waals surface area contributed by atoms with Crippen LogP contribution in [0.3, 0.4) is 0 Å². The molecule has 0 bridgehead atoms. The maximum Gasteiger partial charge on any atom is 0.192 e. The first-order chi connectivity index (χ1) is 10.0. The Kier molecular flexibility index (Phi) is 5.20. The number of ketones is 1. The first-order valence-electron chi connectivity index (χ1n) is 6.50. The Morgan fingerprint density at radius 3 is 2.71 bits per heavy atom. The summed E-state index contributed by atoms with van der Waals surface area (Å²) in [6, 6.07) is 6.91. The number of carbonyl (C=O) groups excluding carboxylic acids is 1. The minimum Gasteiger partial charge on any atom is -0.302 e. The van der Waals surface area contributed by atoms with Crippen molar-refractivity contribution in [3.8, 4) is 0 Å². The van der Waals surface area contributed by atoms with Gasteiger partial charge in [0.05, 0.1) is 5.25 Å². The maximum atomic E-state index is 12.4. The molecule has 0 radical (unpaired) electrons. The molecular weight excluding hydrogens is 306 g/mol. The zero-order valence-corrected chi connectivity index (χ0v) is 13.5. The number of Topliss-reactive ketones (excluding diaryl/α,β-unsaturated/α-hetero) is 1. The van der Waals surface area contributed by atoms with E-state index in [4.69, 9.17) is 11.6 Å². The summed E-state index contributed by atoms with van der Waals surface area (Å²) in [6.45, 7) is 8.10. The highest BCUT2D eigenvalue weighted by Gasteiger charge is 2.20. The van der Waals surface area contributed by atoms with Crippen LogP contribution in [0.2, 0.25) is 5.02 Å². The fraction of sp³-hybridized carbons (Fsp3) is 0.267. The molecule has 1 aromatic carbocycles. The summed E-state index contributed by atoms with van der Waals surface area (Å²) < 4.78 is 1.93. The molecule has 0 saturated carbocycles. The number of rotatable bonds is 6. The number of nitrogens with zero attached hydrogens (tertiary/aromatic N) is 3. The van der Waals surface area contributed by atoms with Gasteiger partial charge < -0.3 is 4.57 Å². The minimum absolute atomic E-state index is 0.0440. The van der Waals surface area contributed by atoms with Crippen molar-refractivity contribution >= 4 is 29.1 Å². The lowest BCUT2D eigenvalue weighted by molar-refractivity contribution is 0.0994. The van der Waals surface area contributed by atoms with Crippen LogP contribution in [0.1, 0.15) is 23.1 Å². The van der Waals surface area contributed by atoms with Crippen molar-refractivity contribution in [2.24, 2.45) is 0 Å². The van der Waals surface area contributed by atoms with E-state index >= 15 is 0 Å². The molecule has 0 aliphatic heterocycles. The second kappa shape index (κ2) is 6.91. The van der Waals surface area contributed by atoms with E-state index in [9.17, 15) is 4.79 Å². The molecule has 0 saturated heterocycles. The van der Waals surface area contributed by atoms with E-state index in [2.05, 4.69) is 16.8 Å². The zero-order chi connectivity index (χ0) is 15.4. The second-order valence-electron chi connectivity index (χ2n) is 4.56. The number of allylic oxidation sites excluding steroid dienone is 1. The fourth-order valence-corrected chi connectivity index (χ4v) is 2.96. The van der Waals surface area contributed by atoms with Gasteiger partial charge in [-0.1, -0.05) is 29.4 Å². The minimum atomic E-state index is -0.252. The highest BCUT2D eigenvalue weighted by molar-refractivity contribution is 8.00. The summed E-state index contributed by atoms with van der Waals surface area (Å²) in [5.74, 6) is 0.853. The molecule has 1 heterocycles. The van der Waals surface area contributed by atoms with Gasteiger partial charge in [-0.05, 0) is 38.1 Å². The van der Waals surface area contributed by atoms with Crippen molar-refractivity contribution in [1.29, 1.82) is 0 Å². The lowest BCUT2D eigenvalue weighted by Gasteiger charge is -2.11. The van der Waals surface area contributed by atoms with Gasteiger partial charge in [0.25, 0.3) is 0 Å². The lowest BCUT2D eigenvalue weighted by atomic mass is 10.1. The van der Waals surface area contributed by atoms with Crippen LogP contribution in [0.15, 0.2) is 42.1 Å². The molecule has 4 nitrogen and oxygen atoms in total. The van der Waals surface area contributed by atoms with Crippen molar-refractivity contribution in [2.75, 3.05) is 0 Å². The van der Waals surface area contributed by atoms with Gasteiger partial charge in [-0.3, -0.25) is 4.79 Å². The SMILES string of the molecule is C=CCn1c(C)nnc1SC(C)C(=O)c1ccc(Cl)cc1. The number of benzene rings is 1. The Bertz CT molecular complexity index is 651. The third-order valence-corrected chi connectivity index (χ3v) is 4.33. The van der Waals surface area contributed by atoms with Gasteiger partial charge in [0.1, 0.15) is 5.82 Å². The Labute approximate surface area is 133 Å². The van der Waals surface area contributed by atoms with E-state index in [0.717, 1.165) is 11.0 Å². The summed E-state index contributed by atoms with van der Waals surface area (Å²) in [5.41, 5.74) is 0.644. The number of hydrogen-bond acceptors (Lipinski definition) is 4. The molecule has 0 N–H and O–H groups in total. The molecule has 0 amide bonds. The van der Waals surface area contributed by atoms with E-state index in [1.165, 1.54) is 11.8 Å². The Hall–Kier alpha value is -1.59. The Morgan fingerprint density at radius 1 is 1.43 bits per heavy atom. The normalized spacial score (nSPS) is 12.1. The van der Waals surface area contributed by atoms with Gasteiger partial charge in [-0.25, -0.2) is 0 Å². The van der Waals surface area contributed by atoms with Crippen molar-refractivity contribution in [2.45, 2.75) is 30.8 Å². The highest BCUT2D eigenvalue weighted by Crippen LogP contribution is 2.25. The molecule has 0 fully saturated rings. The van der Waals surface area contributed by atoms with Crippen LogP contribution in [-0.4, -0.2) is 25.8 Å². The monoisotopic (exact) mass is 321 g/mol. The molecule has 2 aromatic rings. The summed E-state index contributed by atoms with van der Waals surface area (Å²) in [6.07, 6.45) is 1.78. The first-order valence-corrected chi connectivity index (χ1v) is 7.76. The Morgan fingerprint density at radius 2 is 2.10 bits per heavy atom. The smallest absolute Gasteiger partial charge is 0.192 e. The van der Waals surface area contributed by atoms with E-state index in [1.54, 1.807) is 30.3 Å². The van der Waals surface area contributed by atoms with E-state index in [-0.39, 0.29) is 11.0 Å². The average molecular weight is 322 g/mol. The van der Waals surface area contributed by atoms with Crippen molar-refractivity contribution in [3.05, 3.63) is 53.3 Å². The predicted octanol–water partition coefficient (Wildman–Crippen LogP) is 3.79. The van der Waals surface area contributed by atoms with Crippen LogP contribution >= 0.6 is 23.4 Å². The van der Waals surface area contributed by atoms with Crippen LogP contribution in [0.5, 0.6) is 0 Å². The number of carbonyl (C=O) groups is 1. The second-order valence-corrected chi connectivity index (χ2v) is 6.30. The maximum absolute atomic E-state index is 12.4. The van der Waals surface area contributed by atoms with E-state index < -0.39 is 0 Å². The van der Waals surface area contributed by atoms with Gasteiger partial charge >= 0.3 is 0 Å². The number of halogens is 1. The molecule has 110 valence electrons. The van der Waals surface area contributed by atoms with Gasteiger partial charge in [0.2, 0.25) is 0 Å². The lowest BCUT2D eigenvalue weighted by Crippen LogP contribution is -2.14. The van der Waals surface area contributed by atoms with Crippen molar-refractivity contribution in [3.63, 3.8) is 0 Å². The van der Waals surface area contributed by atoms with E-state index in [1.807, 2.05) is 18.4 Å². The van der Waals surface area contributed by atoms with Gasteiger partial charge in [-0.2, -0.15) is 0 Å². The largest absolute Gasteiger partial charge is 0.302 e. The molecule has 1 atom stereocenters. The third-order valence-electron chi connectivity index (χ3n) is 2.99. The van der Waals surface area contributed by atoms with Gasteiger partial charge in [-0.15, -0.1) is 16.8 Å². The molecule has 0 aliphatic carbocycles. The molecule has 1 unspecified atom stereocenters. The third kappa shape index (κ3) is 3.74. The van der Waals surface area contributed by atoms with Crippen LogP contribution in [0.25, 0.3) is 0 Å². The first kappa shape index (κ1) is 15.8. The molecule has 0 spiro atoms. The molecule has 0 aliphatic rings.